The minimum Gasteiger partial charge on any atom is -0.390 e. The first-order chi connectivity index (χ1) is 22.1. The SMILES string of the molecule is CCCCS(=O)(=O)C[C@@H](NC(=O)c1cn[nH]c1C(F)(F)F)C(=O)N[C@@H](Cc1cc(F)cc(F)c1)[C@H](O)CNCc1cccc(CC)c1.Cl. The van der Waals surface area contributed by atoms with Crippen LogP contribution in [0.1, 0.15) is 59.4 Å². The number of unbranched alkanes of at least 4 members (excludes halogenated alkanes) is 1. The summed E-state index contributed by atoms with van der Waals surface area (Å²) in [6.07, 6.45) is -4.63. The normalized spacial score (nSPS) is 13.7. The number of hydrogen-bond acceptors (Lipinski definition) is 7. The molecule has 0 aliphatic carbocycles. The average molecular weight is 724 g/mol. The molecule has 2 aromatic carbocycles. The smallest absolute Gasteiger partial charge is 0.390 e. The highest BCUT2D eigenvalue weighted by atomic mass is 35.5. The molecule has 48 heavy (non-hydrogen) atoms. The number of carbonyl (C=O) groups is 2. The molecule has 266 valence electrons. The Labute approximate surface area is 281 Å². The lowest BCUT2D eigenvalue weighted by Gasteiger charge is -2.27. The van der Waals surface area contributed by atoms with E-state index in [1.807, 2.05) is 31.2 Å². The lowest BCUT2D eigenvalue weighted by Crippen LogP contribution is -2.56. The molecule has 1 heterocycles. The first-order valence-electron chi connectivity index (χ1n) is 15.0. The molecule has 17 heteroatoms. The number of aliphatic hydroxyl groups is 1. The third-order valence-corrected chi connectivity index (χ3v) is 9.02. The highest BCUT2D eigenvalue weighted by Crippen LogP contribution is 2.30. The number of sulfone groups is 1. The maximum Gasteiger partial charge on any atom is 0.433 e. The minimum absolute atomic E-state index is 0. The Bertz CT molecular complexity index is 1600. The maximum absolute atomic E-state index is 14.0. The highest BCUT2D eigenvalue weighted by Gasteiger charge is 2.39. The summed E-state index contributed by atoms with van der Waals surface area (Å²) in [5.74, 6) is -5.72. The van der Waals surface area contributed by atoms with E-state index in [0.717, 1.165) is 29.7 Å². The van der Waals surface area contributed by atoms with Crippen LogP contribution in [0.3, 0.4) is 0 Å². The minimum atomic E-state index is -5.01. The van der Waals surface area contributed by atoms with Gasteiger partial charge < -0.3 is 21.1 Å². The molecular formula is C31H39ClF5N5O5S. The number of alkyl halides is 3. The van der Waals surface area contributed by atoms with Crippen LogP contribution in [0, 0.1) is 11.6 Å². The highest BCUT2D eigenvalue weighted by molar-refractivity contribution is 7.91. The van der Waals surface area contributed by atoms with Gasteiger partial charge in [0.2, 0.25) is 5.91 Å². The molecule has 3 rings (SSSR count). The van der Waals surface area contributed by atoms with Crippen molar-refractivity contribution in [3.63, 3.8) is 0 Å². The number of nitrogens with one attached hydrogen (secondary N) is 4. The molecule has 1 aromatic heterocycles. The summed E-state index contributed by atoms with van der Waals surface area (Å²) in [5, 5.41) is 23.6. The van der Waals surface area contributed by atoms with Crippen molar-refractivity contribution in [3.8, 4) is 0 Å². The molecule has 2 amide bonds. The molecule has 3 aromatic rings. The molecule has 0 aliphatic heterocycles. The number of aromatic amines is 1. The molecule has 10 nitrogen and oxygen atoms in total. The Morgan fingerprint density at radius 2 is 1.67 bits per heavy atom. The van der Waals surface area contributed by atoms with Gasteiger partial charge in [-0.2, -0.15) is 18.3 Å². The number of amides is 2. The van der Waals surface area contributed by atoms with E-state index in [1.54, 1.807) is 12.0 Å². The number of benzene rings is 2. The van der Waals surface area contributed by atoms with Gasteiger partial charge in [0.25, 0.3) is 5.91 Å². The van der Waals surface area contributed by atoms with E-state index in [9.17, 15) is 45.1 Å². The maximum atomic E-state index is 14.0. The molecule has 5 N–H and O–H groups in total. The second kappa shape index (κ2) is 18.2. The van der Waals surface area contributed by atoms with Gasteiger partial charge in [0, 0.05) is 19.2 Å². The molecule has 0 aliphatic rings. The number of hydrogen-bond donors (Lipinski definition) is 5. The largest absolute Gasteiger partial charge is 0.433 e. The van der Waals surface area contributed by atoms with Crippen molar-refractivity contribution in [3.05, 3.63) is 88.2 Å². The standard InChI is InChI=1S/C31H38F5N5O5S.ClH/c1-3-5-9-47(45,46)18-26(40-29(43)24-16-38-41-28(24)31(34,35)36)30(44)39-25(13-21-11-22(32)14-23(33)12-21)27(42)17-37-15-20-8-6-7-19(4-2)10-20;/h6-8,10-12,14,16,25-27,37,42H,3-5,9,13,15,17-18H2,1-2H3,(H,38,41)(H,39,44)(H,40,43);1H/t25-,26+,27+;/m0./s1. The number of carbonyl (C=O) groups excluding carboxylic acids is 2. The summed E-state index contributed by atoms with van der Waals surface area (Å²) in [6.45, 7) is 3.92. The van der Waals surface area contributed by atoms with Crippen molar-refractivity contribution in [1.29, 1.82) is 0 Å². The fourth-order valence-electron chi connectivity index (χ4n) is 4.81. The number of rotatable bonds is 17. The zero-order chi connectivity index (χ0) is 34.8. The van der Waals surface area contributed by atoms with Crippen LogP contribution in [0.5, 0.6) is 0 Å². The van der Waals surface area contributed by atoms with Crippen LogP contribution in [0.2, 0.25) is 0 Å². The van der Waals surface area contributed by atoms with Crippen molar-refractivity contribution in [2.45, 2.75) is 70.4 Å². The van der Waals surface area contributed by atoms with Crippen molar-refractivity contribution in [2.75, 3.05) is 18.1 Å². The van der Waals surface area contributed by atoms with Crippen LogP contribution in [-0.4, -0.2) is 71.8 Å². The van der Waals surface area contributed by atoms with Gasteiger partial charge in [-0.1, -0.05) is 44.5 Å². The summed E-state index contributed by atoms with van der Waals surface area (Å²) in [5.41, 5.74) is -0.430. The third kappa shape index (κ3) is 12.5. The molecule has 0 radical (unpaired) electrons. The van der Waals surface area contributed by atoms with E-state index in [1.165, 1.54) is 0 Å². The Balaban J connectivity index is 0.00000800. The van der Waals surface area contributed by atoms with Crippen molar-refractivity contribution in [2.24, 2.45) is 0 Å². The molecule has 3 atom stereocenters. The molecule has 0 saturated carbocycles. The molecule has 0 saturated heterocycles. The summed E-state index contributed by atoms with van der Waals surface area (Å²) in [7, 11) is -4.01. The number of aryl methyl sites for hydroxylation is 1. The van der Waals surface area contributed by atoms with Gasteiger partial charge in [0.15, 0.2) is 15.5 Å². The van der Waals surface area contributed by atoms with E-state index < -0.39 is 74.7 Å². The predicted molar refractivity (Wildman–Crippen MR) is 171 cm³/mol. The van der Waals surface area contributed by atoms with Crippen LogP contribution in [0.25, 0.3) is 0 Å². The Morgan fingerprint density at radius 1 is 1.00 bits per heavy atom. The van der Waals surface area contributed by atoms with E-state index in [-0.39, 0.29) is 43.1 Å². The number of halogens is 6. The van der Waals surface area contributed by atoms with E-state index in [4.69, 9.17) is 0 Å². The second-order valence-electron chi connectivity index (χ2n) is 11.1. The lowest BCUT2D eigenvalue weighted by atomic mass is 10.00. The number of nitrogens with zero attached hydrogens (tertiary/aromatic N) is 1. The molecule has 0 bridgehead atoms. The van der Waals surface area contributed by atoms with Gasteiger partial charge in [-0.05, 0) is 48.1 Å². The zero-order valence-corrected chi connectivity index (χ0v) is 27.9. The third-order valence-electron chi connectivity index (χ3n) is 7.27. The summed E-state index contributed by atoms with van der Waals surface area (Å²) in [6, 6.07) is 7.09. The molecular weight excluding hydrogens is 685 g/mol. The second-order valence-corrected chi connectivity index (χ2v) is 13.3. The first kappa shape index (κ1) is 40.6. The Kier molecular flexibility index (Phi) is 15.4. The monoisotopic (exact) mass is 723 g/mol. The van der Waals surface area contributed by atoms with Gasteiger partial charge in [-0.25, -0.2) is 17.2 Å². The van der Waals surface area contributed by atoms with Crippen LogP contribution in [0.15, 0.2) is 48.7 Å². The number of H-pyrrole nitrogens is 1. The van der Waals surface area contributed by atoms with Gasteiger partial charge in [0.05, 0.1) is 35.4 Å². The lowest BCUT2D eigenvalue weighted by molar-refractivity contribution is -0.141. The molecule has 0 unspecified atom stereocenters. The van der Waals surface area contributed by atoms with Crippen LogP contribution >= 0.6 is 12.4 Å². The summed E-state index contributed by atoms with van der Waals surface area (Å²) < 4.78 is 93.9. The van der Waals surface area contributed by atoms with Gasteiger partial charge in [0.1, 0.15) is 17.7 Å². The zero-order valence-electron chi connectivity index (χ0n) is 26.2. The quantitative estimate of drug-likeness (QED) is 0.133. The topological polar surface area (TPSA) is 153 Å². The van der Waals surface area contributed by atoms with Crippen LogP contribution in [0.4, 0.5) is 22.0 Å². The van der Waals surface area contributed by atoms with Crippen LogP contribution in [-0.2, 0) is 40.2 Å². The van der Waals surface area contributed by atoms with Crippen molar-refractivity contribution < 1.29 is 45.1 Å². The Morgan fingerprint density at radius 3 is 2.29 bits per heavy atom. The first-order valence-corrected chi connectivity index (χ1v) is 16.8. The van der Waals surface area contributed by atoms with Gasteiger partial charge in [-0.3, -0.25) is 14.7 Å². The number of aromatic nitrogens is 2. The molecule has 0 fully saturated rings. The van der Waals surface area contributed by atoms with E-state index in [2.05, 4.69) is 21.0 Å². The van der Waals surface area contributed by atoms with Crippen LogP contribution < -0.4 is 16.0 Å². The summed E-state index contributed by atoms with van der Waals surface area (Å²) >= 11 is 0. The number of aliphatic hydroxyl groups excluding tert-OH is 1. The van der Waals surface area contributed by atoms with E-state index in [0.29, 0.717) is 25.2 Å². The predicted octanol–water partition coefficient (Wildman–Crippen LogP) is 3.88. The van der Waals surface area contributed by atoms with Gasteiger partial charge >= 0.3 is 6.18 Å². The van der Waals surface area contributed by atoms with Gasteiger partial charge in [-0.15, -0.1) is 12.4 Å². The average Bonchev–Trinajstić information content (AvgIpc) is 3.50. The van der Waals surface area contributed by atoms with Crippen molar-refractivity contribution in [1.82, 2.24) is 26.1 Å². The fourth-order valence-corrected chi connectivity index (χ4v) is 6.45. The Hall–Kier alpha value is -3.60. The molecule has 0 spiro atoms. The van der Waals surface area contributed by atoms with E-state index >= 15 is 0 Å². The fraction of sp³-hybridized carbons (Fsp3) is 0.452. The van der Waals surface area contributed by atoms with Crippen molar-refractivity contribution >= 4 is 34.1 Å². The summed E-state index contributed by atoms with van der Waals surface area (Å²) in [4.78, 5) is 26.5.